The fraction of sp³-hybridized carbons (Fsp3) is 0.0417. The van der Waals surface area contributed by atoms with E-state index < -0.39 is 30.1 Å². The van der Waals surface area contributed by atoms with Crippen LogP contribution in [0.5, 0.6) is 0 Å². The summed E-state index contributed by atoms with van der Waals surface area (Å²) in [5.41, 5.74) is 1.85. The first kappa shape index (κ1) is 21.6. The number of hydrogen-bond donors (Lipinski definition) is 1. The summed E-state index contributed by atoms with van der Waals surface area (Å²) in [7, 11) is 0. The molecule has 0 radical (unpaired) electrons. The predicted molar refractivity (Wildman–Crippen MR) is 120 cm³/mol. The highest BCUT2D eigenvalue weighted by molar-refractivity contribution is 9.10. The van der Waals surface area contributed by atoms with E-state index in [1.165, 1.54) is 0 Å². The zero-order valence-electron chi connectivity index (χ0n) is 16.4. The molecular formula is C24H15BrF2N2O3. The maximum atomic E-state index is 13.7. The summed E-state index contributed by atoms with van der Waals surface area (Å²) in [4.78, 5) is 29.5. The highest BCUT2D eigenvalue weighted by atomic mass is 79.9. The van der Waals surface area contributed by atoms with Crippen molar-refractivity contribution < 1.29 is 23.1 Å². The lowest BCUT2D eigenvalue weighted by molar-refractivity contribution is -0.119. The molecule has 0 saturated heterocycles. The molecule has 0 unspecified atom stereocenters. The van der Waals surface area contributed by atoms with Gasteiger partial charge in [-0.15, -0.1) is 0 Å². The Morgan fingerprint density at radius 3 is 2.50 bits per heavy atom. The zero-order valence-corrected chi connectivity index (χ0v) is 18.0. The molecule has 0 aliphatic rings. The number of esters is 1. The fourth-order valence-electron chi connectivity index (χ4n) is 3.10. The lowest BCUT2D eigenvalue weighted by atomic mass is 10.0. The number of carbonyl (C=O) groups is 2. The number of nitrogens with one attached hydrogen (secondary N) is 1. The smallest absolute Gasteiger partial charge is 0.339 e. The number of hydrogen-bond acceptors (Lipinski definition) is 4. The van der Waals surface area contributed by atoms with E-state index in [-0.39, 0.29) is 11.3 Å². The number of carbonyl (C=O) groups excluding carboxylic acids is 2. The standard InChI is InChI=1S/C24H15BrF2N2O3/c25-15-7-5-14(6-8-15)21-12-18(17-3-1-2-4-20(17)28-21)24(31)32-13-23(30)29-22-11-16(26)9-10-19(22)27/h1-12H,13H2,(H,29,30). The number of fused-ring (bicyclic) bond motifs is 1. The molecule has 3 aromatic carbocycles. The molecule has 1 N–H and O–H groups in total. The molecule has 0 saturated carbocycles. The van der Waals surface area contributed by atoms with Gasteiger partial charge in [0.05, 0.1) is 22.5 Å². The van der Waals surface area contributed by atoms with Crippen LogP contribution >= 0.6 is 15.9 Å². The van der Waals surface area contributed by atoms with Crippen LogP contribution in [0.4, 0.5) is 14.5 Å². The number of para-hydroxylation sites is 1. The van der Waals surface area contributed by atoms with Crippen molar-refractivity contribution in [3.63, 3.8) is 0 Å². The Morgan fingerprint density at radius 1 is 0.969 bits per heavy atom. The van der Waals surface area contributed by atoms with Crippen LogP contribution in [0, 0.1) is 11.6 Å². The fourth-order valence-corrected chi connectivity index (χ4v) is 3.37. The van der Waals surface area contributed by atoms with Crippen molar-refractivity contribution in [3.8, 4) is 11.3 Å². The number of aromatic nitrogens is 1. The Kier molecular flexibility index (Phi) is 6.23. The molecule has 4 rings (SSSR count). The second kappa shape index (κ2) is 9.23. The van der Waals surface area contributed by atoms with Crippen LogP contribution in [-0.4, -0.2) is 23.5 Å². The maximum absolute atomic E-state index is 13.7. The first-order valence-electron chi connectivity index (χ1n) is 9.48. The first-order valence-corrected chi connectivity index (χ1v) is 10.3. The Bertz CT molecular complexity index is 1330. The minimum atomic E-state index is -0.801. The van der Waals surface area contributed by atoms with Crippen LogP contribution in [0.3, 0.4) is 0 Å². The number of ether oxygens (including phenoxy) is 1. The minimum Gasteiger partial charge on any atom is -0.452 e. The second-order valence-corrected chi connectivity index (χ2v) is 7.74. The molecule has 1 aromatic heterocycles. The van der Waals surface area contributed by atoms with Crippen molar-refractivity contribution in [3.05, 3.63) is 94.5 Å². The van der Waals surface area contributed by atoms with Gasteiger partial charge in [-0.3, -0.25) is 4.79 Å². The van der Waals surface area contributed by atoms with Crippen molar-refractivity contribution in [2.45, 2.75) is 0 Å². The van der Waals surface area contributed by atoms with Gasteiger partial charge in [-0.2, -0.15) is 0 Å². The number of anilines is 1. The van der Waals surface area contributed by atoms with Crippen molar-refractivity contribution in [1.82, 2.24) is 4.98 Å². The highest BCUT2D eigenvalue weighted by Gasteiger charge is 2.17. The van der Waals surface area contributed by atoms with Gasteiger partial charge in [-0.05, 0) is 36.4 Å². The summed E-state index contributed by atoms with van der Waals surface area (Å²) < 4.78 is 33.0. The maximum Gasteiger partial charge on any atom is 0.339 e. The van der Waals surface area contributed by atoms with E-state index in [4.69, 9.17) is 4.74 Å². The third kappa shape index (κ3) is 4.81. The molecule has 8 heteroatoms. The third-order valence-electron chi connectivity index (χ3n) is 4.61. The second-order valence-electron chi connectivity index (χ2n) is 6.83. The van der Waals surface area contributed by atoms with Crippen molar-refractivity contribution in [2.24, 2.45) is 0 Å². The Labute approximate surface area is 190 Å². The quantitative estimate of drug-likeness (QED) is 0.358. The summed E-state index contributed by atoms with van der Waals surface area (Å²) in [6.45, 7) is -0.668. The number of rotatable bonds is 5. The van der Waals surface area contributed by atoms with E-state index in [1.807, 2.05) is 24.3 Å². The molecule has 1 heterocycles. The van der Waals surface area contributed by atoms with Crippen LogP contribution in [-0.2, 0) is 9.53 Å². The van der Waals surface area contributed by atoms with Crippen molar-refractivity contribution in [1.29, 1.82) is 0 Å². The van der Waals surface area contributed by atoms with Gasteiger partial charge >= 0.3 is 5.97 Å². The Balaban J connectivity index is 1.56. The Hall–Kier alpha value is -3.65. The van der Waals surface area contributed by atoms with Crippen molar-refractivity contribution >= 4 is 44.4 Å². The first-order chi connectivity index (χ1) is 15.4. The van der Waals surface area contributed by atoms with E-state index in [9.17, 15) is 18.4 Å². The molecule has 5 nitrogen and oxygen atoms in total. The van der Waals surface area contributed by atoms with E-state index in [1.54, 1.807) is 30.3 Å². The molecule has 0 bridgehead atoms. The summed E-state index contributed by atoms with van der Waals surface area (Å²) in [6, 6.07) is 18.8. The zero-order chi connectivity index (χ0) is 22.7. The molecule has 0 spiro atoms. The summed E-state index contributed by atoms with van der Waals surface area (Å²) >= 11 is 3.38. The average Bonchev–Trinajstić information content (AvgIpc) is 2.79. The third-order valence-corrected chi connectivity index (χ3v) is 5.14. The number of amides is 1. The highest BCUT2D eigenvalue weighted by Crippen LogP contribution is 2.26. The van der Waals surface area contributed by atoms with Crippen LogP contribution in [0.15, 0.2) is 77.3 Å². The minimum absolute atomic E-state index is 0.234. The van der Waals surface area contributed by atoms with Crippen LogP contribution in [0.25, 0.3) is 22.2 Å². The molecule has 0 aliphatic carbocycles. The van der Waals surface area contributed by atoms with Gasteiger partial charge < -0.3 is 10.1 Å². The monoisotopic (exact) mass is 496 g/mol. The number of nitrogens with zero attached hydrogens (tertiary/aromatic N) is 1. The van der Waals surface area contributed by atoms with Crippen LogP contribution < -0.4 is 5.32 Å². The molecule has 4 aromatic rings. The van der Waals surface area contributed by atoms with Crippen LogP contribution in [0.2, 0.25) is 0 Å². The summed E-state index contributed by atoms with van der Waals surface area (Å²) in [6.07, 6.45) is 0. The molecular weight excluding hydrogens is 482 g/mol. The average molecular weight is 497 g/mol. The molecule has 0 fully saturated rings. The summed E-state index contributed by atoms with van der Waals surface area (Å²) in [5, 5.41) is 2.75. The number of benzene rings is 3. The Morgan fingerprint density at radius 2 is 1.72 bits per heavy atom. The number of halogens is 3. The molecule has 0 atom stereocenters. The summed E-state index contributed by atoms with van der Waals surface area (Å²) in [5.74, 6) is -3.04. The normalized spacial score (nSPS) is 10.7. The van der Waals surface area contributed by atoms with Gasteiger partial charge in [-0.25, -0.2) is 18.6 Å². The van der Waals surface area contributed by atoms with Crippen LogP contribution in [0.1, 0.15) is 10.4 Å². The molecule has 160 valence electrons. The topological polar surface area (TPSA) is 68.3 Å². The molecule has 1 amide bonds. The van der Waals surface area contributed by atoms with E-state index in [0.29, 0.717) is 16.6 Å². The SMILES string of the molecule is O=C(COC(=O)c1cc(-c2ccc(Br)cc2)nc2ccccc12)Nc1cc(F)ccc1F. The lowest BCUT2D eigenvalue weighted by Gasteiger charge is -2.11. The molecule has 32 heavy (non-hydrogen) atoms. The van der Waals surface area contributed by atoms with E-state index in [2.05, 4.69) is 26.2 Å². The lowest BCUT2D eigenvalue weighted by Crippen LogP contribution is -2.21. The van der Waals surface area contributed by atoms with Gasteiger partial charge in [-0.1, -0.05) is 46.3 Å². The van der Waals surface area contributed by atoms with Gasteiger partial charge in [0.2, 0.25) is 0 Å². The van der Waals surface area contributed by atoms with Gasteiger partial charge in [0.1, 0.15) is 11.6 Å². The van der Waals surface area contributed by atoms with E-state index >= 15 is 0 Å². The predicted octanol–water partition coefficient (Wildman–Crippen LogP) is 5.74. The van der Waals surface area contributed by atoms with Gasteiger partial charge in [0.15, 0.2) is 6.61 Å². The van der Waals surface area contributed by atoms with Crippen molar-refractivity contribution in [2.75, 3.05) is 11.9 Å². The van der Waals surface area contributed by atoms with Gasteiger partial charge in [0, 0.05) is 21.5 Å². The molecule has 0 aliphatic heterocycles. The largest absolute Gasteiger partial charge is 0.452 e. The van der Waals surface area contributed by atoms with Gasteiger partial charge in [0.25, 0.3) is 5.91 Å². The number of pyridine rings is 1. The van der Waals surface area contributed by atoms with E-state index in [0.717, 1.165) is 28.2 Å².